The predicted octanol–water partition coefficient (Wildman–Crippen LogP) is 4.44. The lowest BCUT2D eigenvalue weighted by Gasteiger charge is -2.19. The number of aromatic nitrogens is 1. The summed E-state index contributed by atoms with van der Waals surface area (Å²) < 4.78 is 59.0. The minimum absolute atomic E-state index is 0.00426. The number of rotatable bonds is 9. The van der Waals surface area contributed by atoms with Gasteiger partial charge < -0.3 is 19.2 Å². The highest BCUT2D eigenvalue weighted by molar-refractivity contribution is 7.89. The van der Waals surface area contributed by atoms with Gasteiger partial charge in [0.15, 0.2) is 11.5 Å². The molecule has 0 unspecified atom stereocenters. The minimum atomic E-state index is -4.20. The van der Waals surface area contributed by atoms with Gasteiger partial charge in [0.05, 0.1) is 21.3 Å². The lowest BCUT2D eigenvalue weighted by molar-refractivity contribution is 0.350. The first-order valence-corrected chi connectivity index (χ1v) is 12.0. The first kappa shape index (κ1) is 23.6. The van der Waals surface area contributed by atoms with Gasteiger partial charge in [0, 0.05) is 41.7 Å². The number of sulfonamides is 1. The largest absolute Gasteiger partial charge is 0.497 e. The topological polar surface area (TPSA) is 89.7 Å². The van der Waals surface area contributed by atoms with Crippen LogP contribution in [0, 0.1) is 5.82 Å². The average molecular weight is 485 g/mol. The van der Waals surface area contributed by atoms with Crippen LogP contribution in [0.25, 0.3) is 10.9 Å². The van der Waals surface area contributed by atoms with Crippen LogP contribution in [0.1, 0.15) is 17.0 Å². The summed E-state index contributed by atoms with van der Waals surface area (Å²) in [5.74, 6) is -0.367. The molecule has 0 bridgehead atoms. The Hall–Kier alpha value is -3.56. The van der Waals surface area contributed by atoms with Crippen LogP contribution in [0.3, 0.4) is 0 Å². The molecule has 0 saturated carbocycles. The fraction of sp³-hybridized carbons (Fsp3) is 0.200. The van der Waals surface area contributed by atoms with Crippen LogP contribution in [0.4, 0.5) is 4.39 Å². The minimum Gasteiger partial charge on any atom is -0.497 e. The van der Waals surface area contributed by atoms with E-state index in [9.17, 15) is 12.8 Å². The Morgan fingerprint density at radius 2 is 1.62 bits per heavy atom. The summed E-state index contributed by atoms with van der Waals surface area (Å²) in [6, 6.07) is 17.3. The summed E-state index contributed by atoms with van der Waals surface area (Å²) in [7, 11) is 0.0861. The molecule has 0 saturated heterocycles. The molecule has 1 atom stereocenters. The fourth-order valence-electron chi connectivity index (χ4n) is 3.94. The second-order valence-corrected chi connectivity index (χ2v) is 9.34. The molecule has 4 rings (SSSR count). The number of nitrogens with one attached hydrogen (secondary N) is 2. The first-order valence-electron chi connectivity index (χ1n) is 10.5. The number of hydrogen-bond donors (Lipinski definition) is 2. The van der Waals surface area contributed by atoms with Gasteiger partial charge in [-0.3, -0.25) is 0 Å². The molecule has 4 aromatic rings. The van der Waals surface area contributed by atoms with Crippen LogP contribution >= 0.6 is 0 Å². The highest BCUT2D eigenvalue weighted by Crippen LogP contribution is 2.34. The maximum absolute atomic E-state index is 14.7. The molecule has 0 aliphatic carbocycles. The van der Waals surface area contributed by atoms with Crippen molar-refractivity contribution in [2.75, 3.05) is 27.9 Å². The van der Waals surface area contributed by atoms with Gasteiger partial charge in [-0.15, -0.1) is 0 Å². The molecule has 178 valence electrons. The van der Waals surface area contributed by atoms with Gasteiger partial charge in [-0.25, -0.2) is 17.5 Å². The van der Waals surface area contributed by atoms with Gasteiger partial charge in [0.2, 0.25) is 10.0 Å². The quantitative estimate of drug-likeness (QED) is 0.367. The second-order valence-electron chi connectivity index (χ2n) is 7.60. The van der Waals surface area contributed by atoms with Gasteiger partial charge in [-0.1, -0.05) is 30.3 Å². The SMILES string of the molecule is COc1ccc([C@H](CNS(=O)(=O)c2cc(OC)c(OC)cc2F)c2c[nH]c3ccccc23)cc1. The van der Waals surface area contributed by atoms with Crippen LogP contribution in [0.5, 0.6) is 17.2 Å². The molecule has 0 fully saturated rings. The summed E-state index contributed by atoms with van der Waals surface area (Å²) in [5.41, 5.74) is 2.72. The number of hydrogen-bond acceptors (Lipinski definition) is 5. The maximum Gasteiger partial charge on any atom is 0.243 e. The summed E-state index contributed by atoms with van der Waals surface area (Å²) >= 11 is 0. The van der Waals surface area contributed by atoms with E-state index in [-0.39, 0.29) is 24.0 Å². The molecule has 0 aliphatic heterocycles. The third-order valence-electron chi connectivity index (χ3n) is 5.72. The van der Waals surface area contributed by atoms with Crippen LogP contribution in [-0.2, 0) is 10.0 Å². The fourth-order valence-corrected chi connectivity index (χ4v) is 5.06. The Bertz CT molecular complexity index is 1400. The Balaban J connectivity index is 1.71. The molecule has 0 spiro atoms. The van der Waals surface area contributed by atoms with E-state index < -0.39 is 20.7 Å². The summed E-state index contributed by atoms with van der Waals surface area (Å²) in [4.78, 5) is 2.72. The van der Waals surface area contributed by atoms with Crippen molar-refractivity contribution in [3.8, 4) is 17.2 Å². The van der Waals surface area contributed by atoms with Crippen molar-refractivity contribution < 1.29 is 27.0 Å². The van der Waals surface area contributed by atoms with Crippen molar-refractivity contribution in [1.82, 2.24) is 9.71 Å². The van der Waals surface area contributed by atoms with Gasteiger partial charge in [-0.05, 0) is 29.3 Å². The molecule has 0 aliphatic rings. The number of fused-ring (bicyclic) bond motifs is 1. The second kappa shape index (κ2) is 9.74. The van der Waals surface area contributed by atoms with E-state index in [1.807, 2.05) is 54.7 Å². The van der Waals surface area contributed by atoms with E-state index in [1.54, 1.807) is 7.11 Å². The van der Waals surface area contributed by atoms with Crippen molar-refractivity contribution in [3.05, 3.63) is 83.8 Å². The zero-order chi connectivity index (χ0) is 24.3. The van der Waals surface area contributed by atoms with Crippen LogP contribution in [0.15, 0.2) is 71.8 Å². The number of methoxy groups -OCH3 is 3. The van der Waals surface area contributed by atoms with Crippen molar-refractivity contribution >= 4 is 20.9 Å². The molecule has 1 aromatic heterocycles. The molecule has 7 nitrogen and oxygen atoms in total. The molecule has 0 amide bonds. The Morgan fingerprint density at radius 1 is 0.941 bits per heavy atom. The lowest BCUT2D eigenvalue weighted by atomic mass is 9.91. The summed E-state index contributed by atoms with van der Waals surface area (Å²) in [6.45, 7) is 0.00426. The van der Waals surface area contributed by atoms with E-state index >= 15 is 0 Å². The average Bonchev–Trinajstić information content (AvgIpc) is 3.28. The van der Waals surface area contributed by atoms with Gasteiger partial charge in [0.1, 0.15) is 16.5 Å². The molecule has 3 aromatic carbocycles. The first-order chi connectivity index (χ1) is 16.4. The van der Waals surface area contributed by atoms with Crippen molar-refractivity contribution in [1.29, 1.82) is 0 Å². The normalized spacial score (nSPS) is 12.5. The third kappa shape index (κ3) is 4.57. The Labute approximate surface area is 197 Å². The summed E-state index contributed by atoms with van der Waals surface area (Å²) in [5, 5.41) is 0.972. The van der Waals surface area contributed by atoms with Crippen molar-refractivity contribution in [2.24, 2.45) is 0 Å². The van der Waals surface area contributed by atoms with Crippen molar-refractivity contribution in [3.63, 3.8) is 0 Å². The van der Waals surface area contributed by atoms with E-state index in [0.29, 0.717) is 5.75 Å². The smallest absolute Gasteiger partial charge is 0.243 e. The van der Waals surface area contributed by atoms with E-state index in [4.69, 9.17) is 14.2 Å². The van der Waals surface area contributed by atoms with Crippen molar-refractivity contribution in [2.45, 2.75) is 10.8 Å². The number of para-hydroxylation sites is 1. The Morgan fingerprint density at radius 3 is 2.29 bits per heavy atom. The van der Waals surface area contributed by atoms with Gasteiger partial charge in [-0.2, -0.15) is 0 Å². The van der Waals surface area contributed by atoms with E-state index in [1.165, 1.54) is 14.2 Å². The number of H-pyrrole nitrogens is 1. The van der Waals surface area contributed by atoms with Crippen LogP contribution in [0.2, 0.25) is 0 Å². The highest BCUT2D eigenvalue weighted by Gasteiger charge is 2.26. The van der Waals surface area contributed by atoms with Gasteiger partial charge >= 0.3 is 0 Å². The standard InChI is InChI=1S/C25H25FN2O5S/c1-31-17-10-8-16(9-11-17)19(20-14-27-22-7-5-4-6-18(20)22)15-28-34(29,30)25-13-24(33-3)23(32-2)12-21(25)26/h4-14,19,27-28H,15H2,1-3H3/t19-/m0/s1. The molecular formula is C25H25FN2O5S. The number of ether oxygens (including phenoxy) is 3. The molecule has 2 N–H and O–H groups in total. The monoisotopic (exact) mass is 484 g/mol. The zero-order valence-corrected chi connectivity index (χ0v) is 19.8. The van der Waals surface area contributed by atoms with Crippen LogP contribution in [-0.4, -0.2) is 41.3 Å². The molecule has 1 heterocycles. The maximum atomic E-state index is 14.7. The van der Waals surface area contributed by atoms with Crippen LogP contribution < -0.4 is 18.9 Å². The van der Waals surface area contributed by atoms with Gasteiger partial charge in [0.25, 0.3) is 0 Å². The third-order valence-corrected chi connectivity index (χ3v) is 7.16. The number of halogens is 1. The number of benzene rings is 3. The lowest BCUT2D eigenvalue weighted by Crippen LogP contribution is -2.29. The Kier molecular flexibility index (Phi) is 6.76. The molecule has 0 radical (unpaired) electrons. The molecule has 34 heavy (non-hydrogen) atoms. The zero-order valence-electron chi connectivity index (χ0n) is 19.0. The molecule has 9 heteroatoms. The predicted molar refractivity (Wildman–Crippen MR) is 128 cm³/mol. The van der Waals surface area contributed by atoms with E-state index in [2.05, 4.69) is 9.71 Å². The summed E-state index contributed by atoms with van der Waals surface area (Å²) in [6.07, 6.45) is 1.87. The van der Waals surface area contributed by atoms with E-state index in [0.717, 1.165) is 34.2 Å². The number of aromatic amines is 1. The highest BCUT2D eigenvalue weighted by atomic mass is 32.2. The molecular weight excluding hydrogens is 459 g/mol.